The molecular formula is C9H13. The zero-order valence-electron chi connectivity index (χ0n) is 6.09. The molecule has 0 nitrogen and oxygen atoms in total. The molecule has 0 spiro atoms. The van der Waals surface area contributed by atoms with Crippen molar-refractivity contribution in [2.75, 3.05) is 0 Å². The molecule has 0 atom stereocenters. The summed E-state index contributed by atoms with van der Waals surface area (Å²) in [6.45, 7) is 7.64. The van der Waals surface area contributed by atoms with E-state index < -0.39 is 0 Å². The summed E-state index contributed by atoms with van der Waals surface area (Å²) < 4.78 is 0. The van der Waals surface area contributed by atoms with Crippen molar-refractivity contribution in [3.05, 3.63) is 42.9 Å². The van der Waals surface area contributed by atoms with Gasteiger partial charge in [-0.3, -0.25) is 0 Å². The topological polar surface area (TPSA) is 0 Å². The molecule has 0 heterocycles. The summed E-state index contributed by atoms with van der Waals surface area (Å²) in [6, 6.07) is 0. The molecule has 49 valence electrons. The second-order valence-corrected chi connectivity index (χ2v) is 1.83. The molecule has 0 amide bonds. The van der Waals surface area contributed by atoms with Crippen LogP contribution in [0, 0.1) is 6.92 Å². The largest absolute Gasteiger partial charge is 0.0877 e. The van der Waals surface area contributed by atoms with Crippen LogP contribution in [-0.2, 0) is 0 Å². The van der Waals surface area contributed by atoms with E-state index in [2.05, 4.69) is 6.92 Å². The van der Waals surface area contributed by atoms with Crippen LogP contribution < -0.4 is 0 Å². The van der Waals surface area contributed by atoms with E-state index in [0.717, 1.165) is 0 Å². The summed E-state index contributed by atoms with van der Waals surface area (Å²) in [7, 11) is 0. The minimum Gasteiger partial charge on any atom is -0.0877 e. The summed E-state index contributed by atoms with van der Waals surface area (Å²) in [5, 5.41) is 0. The van der Waals surface area contributed by atoms with Crippen molar-refractivity contribution in [1.29, 1.82) is 0 Å². The molecule has 0 aliphatic rings. The van der Waals surface area contributed by atoms with Gasteiger partial charge >= 0.3 is 0 Å². The maximum atomic E-state index is 3.63. The van der Waals surface area contributed by atoms with Crippen LogP contribution in [0.3, 0.4) is 0 Å². The SMILES string of the molecule is [CH2]\C=C(C)/C=C\C=C\C. The van der Waals surface area contributed by atoms with E-state index in [4.69, 9.17) is 0 Å². The first-order valence-corrected chi connectivity index (χ1v) is 3.06. The van der Waals surface area contributed by atoms with E-state index in [1.54, 1.807) is 0 Å². The van der Waals surface area contributed by atoms with Crippen molar-refractivity contribution < 1.29 is 0 Å². The van der Waals surface area contributed by atoms with Gasteiger partial charge in [-0.1, -0.05) is 36.0 Å². The van der Waals surface area contributed by atoms with Crippen molar-refractivity contribution in [2.24, 2.45) is 0 Å². The Balaban J connectivity index is 3.71. The van der Waals surface area contributed by atoms with Crippen molar-refractivity contribution in [2.45, 2.75) is 13.8 Å². The van der Waals surface area contributed by atoms with Gasteiger partial charge in [-0.25, -0.2) is 0 Å². The highest BCUT2D eigenvalue weighted by atomic mass is 13.8. The number of hydrogen-bond donors (Lipinski definition) is 0. The Kier molecular flexibility index (Phi) is 4.89. The Morgan fingerprint density at radius 3 is 2.44 bits per heavy atom. The molecule has 0 fully saturated rings. The fraction of sp³-hybridized carbons (Fsp3) is 0.222. The van der Waals surface area contributed by atoms with Crippen LogP contribution in [0.2, 0.25) is 0 Å². The van der Waals surface area contributed by atoms with Crippen molar-refractivity contribution in [3.8, 4) is 0 Å². The van der Waals surface area contributed by atoms with Gasteiger partial charge in [-0.15, -0.1) is 0 Å². The fourth-order valence-corrected chi connectivity index (χ4v) is 0.386. The third-order valence-electron chi connectivity index (χ3n) is 0.985. The highest BCUT2D eigenvalue weighted by Gasteiger charge is 1.71. The normalized spacial score (nSPS) is 13.9. The smallest absolute Gasteiger partial charge is 0.0310 e. The molecule has 0 unspecified atom stereocenters. The predicted octanol–water partition coefficient (Wildman–Crippen LogP) is 2.90. The molecule has 0 aliphatic heterocycles. The van der Waals surface area contributed by atoms with E-state index in [1.807, 2.05) is 44.2 Å². The van der Waals surface area contributed by atoms with Crippen LogP contribution in [0.15, 0.2) is 36.0 Å². The maximum Gasteiger partial charge on any atom is -0.0310 e. The average molecular weight is 121 g/mol. The molecule has 1 radical (unpaired) electrons. The Hall–Kier alpha value is -0.780. The lowest BCUT2D eigenvalue weighted by Crippen LogP contribution is -1.61. The molecule has 0 saturated heterocycles. The van der Waals surface area contributed by atoms with Crippen LogP contribution in [0.4, 0.5) is 0 Å². The molecule has 0 saturated carbocycles. The van der Waals surface area contributed by atoms with Gasteiger partial charge in [-0.2, -0.15) is 0 Å². The lowest BCUT2D eigenvalue weighted by atomic mass is 10.2. The second-order valence-electron chi connectivity index (χ2n) is 1.83. The van der Waals surface area contributed by atoms with Gasteiger partial charge in [0, 0.05) is 0 Å². The lowest BCUT2D eigenvalue weighted by molar-refractivity contribution is 1.52. The van der Waals surface area contributed by atoms with Gasteiger partial charge in [-0.05, 0) is 20.8 Å². The monoisotopic (exact) mass is 121 g/mol. The van der Waals surface area contributed by atoms with E-state index in [1.165, 1.54) is 5.57 Å². The predicted molar refractivity (Wildman–Crippen MR) is 43.1 cm³/mol. The minimum atomic E-state index is 1.19. The molecular weight excluding hydrogens is 108 g/mol. The van der Waals surface area contributed by atoms with E-state index in [0.29, 0.717) is 0 Å². The quantitative estimate of drug-likeness (QED) is 0.493. The van der Waals surface area contributed by atoms with Gasteiger partial charge in [0.25, 0.3) is 0 Å². The molecule has 9 heavy (non-hydrogen) atoms. The molecule has 0 aromatic rings. The van der Waals surface area contributed by atoms with Crippen molar-refractivity contribution in [3.63, 3.8) is 0 Å². The van der Waals surface area contributed by atoms with Gasteiger partial charge in [0.15, 0.2) is 0 Å². The van der Waals surface area contributed by atoms with Gasteiger partial charge in [0.05, 0.1) is 0 Å². The van der Waals surface area contributed by atoms with Crippen LogP contribution >= 0.6 is 0 Å². The van der Waals surface area contributed by atoms with Crippen LogP contribution in [0.25, 0.3) is 0 Å². The summed E-state index contributed by atoms with van der Waals surface area (Å²) in [5.74, 6) is 0. The first-order chi connectivity index (χ1) is 4.31. The van der Waals surface area contributed by atoms with Gasteiger partial charge in [0.1, 0.15) is 0 Å². The third kappa shape index (κ3) is 5.09. The standard InChI is InChI=1S/C9H13/c1-4-6-7-8-9(3)5-2/h4-8H,2H2,1,3H3/b6-4+,8-7-,9-5-. The molecule has 0 aromatic heterocycles. The molecule has 0 bridgehead atoms. The van der Waals surface area contributed by atoms with Crippen molar-refractivity contribution >= 4 is 0 Å². The number of hydrogen-bond acceptors (Lipinski definition) is 0. The lowest BCUT2D eigenvalue weighted by Gasteiger charge is -1.82. The minimum absolute atomic E-state index is 1.19. The molecule has 0 heteroatoms. The Morgan fingerprint density at radius 2 is 2.00 bits per heavy atom. The zero-order chi connectivity index (χ0) is 7.11. The number of rotatable bonds is 2. The summed E-state index contributed by atoms with van der Waals surface area (Å²) in [5.41, 5.74) is 1.19. The summed E-state index contributed by atoms with van der Waals surface area (Å²) >= 11 is 0. The molecule has 0 aliphatic carbocycles. The highest BCUT2D eigenvalue weighted by Crippen LogP contribution is 1.92. The molecule has 0 rings (SSSR count). The Morgan fingerprint density at radius 1 is 1.33 bits per heavy atom. The summed E-state index contributed by atoms with van der Waals surface area (Å²) in [4.78, 5) is 0. The average Bonchev–Trinajstić information content (AvgIpc) is 1.89. The Labute approximate surface area is 57.6 Å². The first kappa shape index (κ1) is 8.22. The highest BCUT2D eigenvalue weighted by molar-refractivity contribution is 5.20. The maximum absolute atomic E-state index is 3.63. The van der Waals surface area contributed by atoms with E-state index >= 15 is 0 Å². The van der Waals surface area contributed by atoms with Crippen LogP contribution in [-0.4, -0.2) is 0 Å². The fourth-order valence-electron chi connectivity index (χ4n) is 0.386. The molecule has 0 aromatic carbocycles. The van der Waals surface area contributed by atoms with Gasteiger partial charge < -0.3 is 0 Å². The Bertz CT molecular complexity index is 136. The van der Waals surface area contributed by atoms with Crippen molar-refractivity contribution in [1.82, 2.24) is 0 Å². The summed E-state index contributed by atoms with van der Waals surface area (Å²) in [6.07, 6.45) is 9.84. The number of allylic oxidation sites excluding steroid dienone is 6. The zero-order valence-corrected chi connectivity index (χ0v) is 6.09. The van der Waals surface area contributed by atoms with E-state index in [9.17, 15) is 0 Å². The third-order valence-corrected chi connectivity index (χ3v) is 0.985. The van der Waals surface area contributed by atoms with Crippen LogP contribution in [0.5, 0.6) is 0 Å². The second kappa shape index (κ2) is 5.36. The van der Waals surface area contributed by atoms with Gasteiger partial charge in [0.2, 0.25) is 0 Å². The first-order valence-electron chi connectivity index (χ1n) is 3.06. The van der Waals surface area contributed by atoms with E-state index in [-0.39, 0.29) is 0 Å². The molecule has 0 N–H and O–H groups in total. The van der Waals surface area contributed by atoms with Crippen LogP contribution in [0.1, 0.15) is 13.8 Å².